The summed E-state index contributed by atoms with van der Waals surface area (Å²) in [6, 6.07) is 27.4. The quantitative estimate of drug-likeness (QED) is 0.140. The maximum absolute atomic E-state index is 13.5. The van der Waals surface area contributed by atoms with E-state index in [2.05, 4.69) is 6.58 Å². The average Bonchev–Trinajstić information content (AvgIpc) is 3.48. The standard InChI is InChI=1S/C30H25N3O2S2/c1-3-18-35-26-16-14-23(15-17-26)28-24(20-32(31-28)25-12-8-5-9-13-25)19-27-29(34)33(30(36)37-27)21(2)22-10-6-4-7-11-22/h3-17,19-21H,1,18H2,2H3/b27-19+. The molecule has 0 saturated carbocycles. The molecule has 1 fully saturated rings. The Labute approximate surface area is 226 Å². The lowest BCUT2D eigenvalue weighted by atomic mass is 10.1. The first-order valence-corrected chi connectivity index (χ1v) is 13.1. The number of aromatic nitrogens is 2. The van der Waals surface area contributed by atoms with Crippen LogP contribution in [0.25, 0.3) is 23.0 Å². The zero-order valence-electron chi connectivity index (χ0n) is 20.3. The smallest absolute Gasteiger partial charge is 0.266 e. The number of ether oxygens (including phenoxy) is 1. The fourth-order valence-electron chi connectivity index (χ4n) is 4.13. The molecule has 184 valence electrons. The molecule has 1 aliphatic heterocycles. The van der Waals surface area contributed by atoms with Crippen LogP contribution in [0.4, 0.5) is 0 Å². The fourth-order valence-corrected chi connectivity index (χ4v) is 5.54. The van der Waals surface area contributed by atoms with E-state index >= 15 is 0 Å². The topological polar surface area (TPSA) is 47.4 Å². The summed E-state index contributed by atoms with van der Waals surface area (Å²) in [5.74, 6) is 0.654. The number of hydrogen-bond acceptors (Lipinski definition) is 5. The molecule has 1 saturated heterocycles. The molecule has 0 bridgehead atoms. The van der Waals surface area contributed by atoms with Crippen molar-refractivity contribution in [1.82, 2.24) is 14.7 Å². The number of carbonyl (C=O) groups excluding carboxylic acids is 1. The van der Waals surface area contributed by atoms with E-state index in [0.29, 0.717) is 15.8 Å². The van der Waals surface area contributed by atoms with Crippen LogP contribution in [-0.4, -0.2) is 31.5 Å². The van der Waals surface area contributed by atoms with Crippen LogP contribution < -0.4 is 4.74 Å². The molecule has 2 heterocycles. The molecule has 1 atom stereocenters. The first kappa shape index (κ1) is 24.7. The van der Waals surface area contributed by atoms with Gasteiger partial charge in [-0.3, -0.25) is 9.69 Å². The highest BCUT2D eigenvalue weighted by molar-refractivity contribution is 8.26. The van der Waals surface area contributed by atoms with E-state index in [1.54, 1.807) is 11.0 Å². The molecule has 1 amide bonds. The number of rotatable bonds is 8. The van der Waals surface area contributed by atoms with Gasteiger partial charge in [-0.2, -0.15) is 5.10 Å². The second kappa shape index (κ2) is 11.0. The van der Waals surface area contributed by atoms with Crippen LogP contribution in [0.2, 0.25) is 0 Å². The van der Waals surface area contributed by atoms with Crippen molar-refractivity contribution in [3.8, 4) is 22.7 Å². The normalized spacial score (nSPS) is 15.3. The molecule has 7 heteroatoms. The molecule has 0 aliphatic carbocycles. The Morgan fingerprint density at radius 3 is 2.38 bits per heavy atom. The monoisotopic (exact) mass is 523 g/mol. The number of thiocarbonyl (C=S) groups is 1. The van der Waals surface area contributed by atoms with Gasteiger partial charge in [-0.25, -0.2) is 4.68 Å². The van der Waals surface area contributed by atoms with E-state index in [1.165, 1.54) is 11.8 Å². The third-order valence-electron chi connectivity index (χ3n) is 6.04. The van der Waals surface area contributed by atoms with Crippen LogP contribution in [0.15, 0.2) is 109 Å². The average molecular weight is 524 g/mol. The van der Waals surface area contributed by atoms with Crippen molar-refractivity contribution in [1.29, 1.82) is 0 Å². The minimum absolute atomic E-state index is 0.0991. The summed E-state index contributed by atoms with van der Waals surface area (Å²) in [6.07, 6.45) is 5.54. The number of nitrogens with zero attached hydrogens (tertiary/aromatic N) is 3. The highest BCUT2D eigenvalue weighted by Crippen LogP contribution is 2.39. The fraction of sp³-hybridized carbons (Fsp3) is 0.100. The van der Waals surface area contributed by atoms with Gasteiger partial charge in [0.1, 0.15) is 16.7 Å². The first-order chi connectivity index (χ1) is 18.0. The second-order valence-electron chi connectivity index (χ2n) is 8.48. The minimum atomic E-state index is -0.158. The molecule has 1 aliphatic rings. The van der Waals surface area contributed by atoms with Crippen molar-refractivity contribution in [3.05, 3.63) is 120 Å². The summed E-state index contributed by atoms with van der Waals surface area (Å²) in [5.41, 5.74) is 4.48. The molecule has 37 heavy (non-hydrogen) atoms. The van der Waals surface area contributed by atoms with Gasteiger partial charge in [0.05, 0.1) is 22.3 Å². The third kappa shape index (κ3) is 5.28. The van der Waals surface area contributed by atoms with E-state index in [0.717, 1.165) is 33.8 Å². The van der Waals surface area contributed by atoms with Crippen LogP contribution in [-0.2, 0) is 4.79 Å². The van der Waals surface area contributed by atoms with E-state index in [1.807, 2.05) is 109 Å². The van der Waals surface area contributed by atoms with Crippen LogP contribution in [0.1, 0.15) is 24.1 Å². The van der Waals surface area contributed by atoms with Gasteiger partial charge in [0, 0.05) is 17.3 Å². The van der Waals surface area contributed by atoms with Crippen molar-refractivity contribution in [3.63, 3.8) is 0 Å². The Morgan fingerprint density at radius 2 is 1.70 bits per heavy atom. The van der Waals surface area contributed by atoms with Crippen molar-refractivity contribution in [2.75, 3.05) is 6.61 Å². The summed E-state index contributed by atoms with van der Waals surface area (Å²) < 4.78 is 8.01. The number of hydrogen-bond donors (Lipinski definition) is 0. The molecule has 1 unspecified atom stereocenters. The van der Waals surface area contributed by atoms with Gasteiger partial charge in [-0.05, 0) is 55.0 Å². The van der Waals surface area contributed by atoms with Gasteiger partial charge >= 0.3 is 0 Å². The number of amides is 1. The number of benzene rings is 3. The SMILES string of the molecule is C=CCOc1ccc(-c2nn(-c3ccccc3)cc2/C=C2/SC(=S)N(C(C)c3ccccc3)C2=O)cc1. The predicted molar refractivity (Wildman–Crippen MR) is 155 cm³/mol. The van der Waals surface area contributed by atoms with Crippen LogP contribution in [0.5, 0.6) is 5.75 Å². The van der Waals surface area contributed by atoms with Crippen molar-refractivity contribution in [2.45, 2.75) is 13.0 Å². The van der Waals surface area contributed by atoms with Crippen LogP contribution in [0.3, 0.4) is 0 Å². The minimum Gasteiger partial charge on any atom is -0.490 e. The van der Waals surface area contributed by atoms with Gasteiger partial charge in [-0.15, -0.1) is 0 Å². The number of carbonyl (C=O) groups is 1. The Morgan fingerprint density at radius 1 is 1.03 bits per heavy atom. The molecule has 4 aromatic rings. The Bertz CT molecular complexity index is 1460. The zero-order chi connectivity index (χ0) is 25.8. The van der Waals surface area contributed by atoms with E-state index < -0.39 is 0 Å². The summed E-state index contributed by atoms with van der Waals surface area (Å²) in [6.45, 7) is 6.13. The van der Waals surface area contributed by atoms with Crippen LogP contribution in [0, 0.1) is 0 Å². The van der Waals surface area contributed by atoms with Crippen molar-refractivity contribution in [2.24, 2.45) is 0 Å². The van der Waals surface area contributed by atoms with Gasteiger partial charge < -0.3 is 4.74 Å². The van der Waals surface area contributed by atoms with Crippen LogP contribution >= 0.6 is 24.0 Å². The Balaban J connectivity index is 1.51. The highest BCUT2D eigenvalue weighted by Gasteiger charge is 2.36. The lowest BCUT2D eigenvalue weighted by Crippen LogP contribution is -2.30. The summed E-state index contributed by atoms with van der Waals surface area (Å²) >= 11 is 6.95. The van der Waals surface area contributed by atoms with Gasteiger partial charge in [0.15, 0.2) is 0 Å². The Hall–Kier alpha value is -3.94. The molecule has 5 rings (SSSR count). The summed E-state index contributed by atoms with van der Waals surface area (Å²) in [4.78, 5) is 15.8. The molecule has 5 nitrogen and oxygen atoms in total. The lowest BCUT2D eigenvalue weighted by molar-refractivity contribution is -0.123. The third-order valence-corrected chi connectivity index (χ3v) is 7.37. The number of para-hydroxylation sites is 1. The second-order valence-corrected chi connectivity index (χ2v) is 10.2. The molecule has 0 N–H and O–H groups in total. The molecule has 0 radical (unpaired) electrons. The lowest BCUT2D eigenvalue weighted by Gasteiger charge is -2.23. The van der Waals surface area contributed by atoms with E-state index in [4.69, 9.17) is 22.1 Å². The van der Waals surface area contributed by atoms with E-state index in [-0.39, 0.29) is 11.9 Å². The predicted octanol–water partition coefficient (Wildman–Crippen LogP) is 7.07. The van der Waals surface area contributed by atoms with Crippen molar-refractivity contribution < 1.29 is 9.53 Å². The summed E-state index contributed by atoms with van der Waals surface area (Å²) in [7, 11) is 0. The maximum atomic E-state index is 13.5. The largest absolute Gasteiger partial charge is 0.490 e. The van der Waals surface area contributed by atoms with Gasteiger partial charge in [-0.1, -0.05) is 85.2 Å². The van der Waals surface area contributed by atoms with Gasteiger partial charge in [0.25, 0.3) is 5.91 Å². The maximum Gasteiger partial charge on any atom is 0.266 e. The highest BCUT2D eigenvalue weighted by atomic mass is 32.2. The molecular weight excluding hydrogens is 498 g/mol. The zero-order valence-corrected chi connectivity index (χ0v) is 21.9. The summed E-state index contributed by atoms with van der Waals surface area (Å²) in [5, 5.41) is 4.88. The van der Waals surface area contributed by atoms with E-state index in [9.17, 15) is 4.79 Å². The molecule has 0 spiro atoms. The molecule has 1 aromatic heterocycles. The molecule has 3 aromatic carbocycles. The van der Waals surface area contributed by atoms with Gasteiger partial charge in [0.2, 0.25) is 0 Å². The first-order valence-electron chi connectivity index (χ1n) is 11.9. The number of thioether (sulfide) groups is 1. The Kier molecular flexibility index (Phi) is 7.35. The van der Waals surface area contributed by atoms with Crippen molar-refractivity contribution >= 4 is 40.3 Å². The molecular formula is C30H25N3O2S2.